The second-order valence-electron chi connectivity index (χ2n) is 4.17. The van der Waals surface area contributed by atoms with Crippen LogP contribution in [0.15, 0.2) is 36.4 Å². The highest BCUT2D eigenvalue weighted by Crippen LogP contribution is 2.27. The molecule has 0 saturated heterocycles. The molecule has 106 valence electrons. The van der Waals surface area contributed by atoms with Gasteiger partial charge in [-0.25, -0.2) is 4.39 Å². The Labute approximate surface area is 122 Å². The third-order valence-corrected chi connectivity index (χ3v) is 3.16. The van der Waals surface area contributed by atoms with Crippen molar-refractivity contribution in [1.82, 2.24) is 0 Å². The standard InChI is InChI=1S/C15H15ClFNO2/c1-19-14-6-4-11(8-12(14)16)18-9-10-3-5-15(20-2)13(17)7-10/h3-8,18H,9H2,1-2H3. The first-order chi connectivity index (χ1) is 9.63. The quantitative estimate of drug-likeness (QED) is 0.900. The Morgan fingerprint density at radius 2 is 1.75 bits per heavy atom. The first-order valence-electron chi connectivity index (χ1n) is 6.04. The van der Waals surface area contributed by atoms with Crippen LogP contribution >= 0.6 is 11.6 Å². The van der Waals surface area contributed by atoms with Gasteiger partial charge >= 0.3 is 0 Å². The fourth-order valence-electron chi connectivity index (χ4n) is 1.80. The molecule has 20 heavy (non-hydrogen) atoms. The lowest BCUT2D eigenvalue weighted by Crippen LogP contribution is -2.00. The van der Waals surface area contributed by atoms with E-state index in [0.29, 0.717) is 17.3 Å². The van der Waals surface area contributed by atoms with Crippen molar-refractivity contribution in [2.24, 2.45) is 0 Å². The van der Waals surface area contributed by atoms with E-state index in [1.165, 1.54) is 13.2 Å². The van der Waals surface area contributed by atoms with Gasteiger partial charge in [-0.05, 0) is 35.9 Å². The first-order valence-corrected chi connectivity index (χ1v) is 6.41. The zero-order valence-electron chi connectivity index (χ0n) is 11.2. The van der Waals surface area contributed by atoms with Gasteiger partial charge in [0.1, 0.15) is 5.75 Å². The Bertz CT molecular complexity index is 551. The van der Waals surface area contributed by atoms with E-state index in [4.69, 9.17) is 21.1 Å². The molecule has 0 radical (unpaired) electrons. The van der Waals surface area contributed by atoms with Crippen molar-refractivity contribution in [3.63, 3.8) is 0 Å². The SMILES string of the molecule is COc1ccc(CNc2ccc(OC)c(Cl)c2)cc1F. The van der Waals surface area contributed by atoms with Crippen molar-refractivity contribution < 1.29 is 13.9 Å². The van der Waals surface area contributed by atoms with E-state index in [9.17, 15) is 4.39 Å². The number of hydrogen-bond donors (Lipinski definition) is 1. The van der Waals surface area contributed by atoms with Gasteiger partial charge in [-0.2, -0.15) is 0 Å². The molecule has 0 aliphatic heterocycles. The Kier molecular flexibility index (Phi) is 4.69. The molecule has 0 aliphatic rings. The van der Waals surface area contributed by atoms with Crippen LogP contribution in [0.2, 0.25) is 5.02 Å². The number of ether oxygens (including phenoxy) is 2. The van der Waals surface area contributed by atoms with Crippen LogP contribution in [0.3, 0.4) is 0 Å². The summed E-state index contributed by atoms with van der Waals surface area (Å²) in [7, 11) is 3.00. The summed E-state index contributed by atoms with van der Waals surface area (Å²) in [6.07, 6.45) is 0. The molecule has 0 fully saturated rings. The fraction of sp³-hybridized carbons (Fsp3) is 0.200. The normalized spacial score (nSPS) is 10.2. The molecular formula is C15H15ClFNO2. The predicted octanol–water partition coefficient (Wildman–Crippen LogP) is 4.11. The number of methoxy groups -OCH3 is 2. The van der Waals surface area contributed by atoms with Gasteiger partial charge < -0.3 is 14.8 Å². The molecule has 0 aromatic heterocycles. The van der Waals surface area contributed by atoms with Gasteiger partial charge in [0.05, 0.1) is 19.2 Å². The number of hydrogen-bond acceptors (Lipinski definition) is 3. The molecule has 0 spiro atoms. The molecule has 2 aromatic carbocycles. The van der Waals surface area contributed by atoms with Gasteiger partial charge in [0.15, 0.2) is 11.6 Å². The number of anilines is 1. The highest BCUT2D eigenvalue weighted by molar-refractivity contribution is 6.32. The zero-order chi connectivity index (χ0) is 14.5. The van der Waals surface area contributed by atoms with Crippen molar-refractivity contribution in [1.29, 1.82) is 0 Å². The van der Waals surface area contributed by atoms with Gasteiger partial charge in [0.25, 0.3) is 0 Å². The van der Waals surface area contributed by atoms with Crippen molar-refractivity contribution in [3.8, 4) is 11.5 Å². The Morgan fingerprint density at radius 3 is 2.35 bits per heavy atom. The summed E-state index contributed by atoms with van der Waals surface area (Å²) in [5.74, 6) is 0.480. The van der Waals surface area contributed by atoms with Crippen molar-refractivity contribution in [3.05, 3.63) is 52.8 Å². The third kappa shape index (κ3) is 3.33. The average molecular weight is 296 g/mol. The summed E-state index contributed by atoms with van der Waals surface area (Å²) >= 11 is 6.03. The molecule has 0 atom stereocenters. The molecule has 1 N–H and O–H groups in total. The summed E-state index contributed by atoms with van der Waals surface area (Å²) in [6, 6.07) is 10.2. The molecule has 0 amide bonds. The van der Waals surface area contributed by atoms with Crippen LogP contribution in [0.5, 0.6) is 11.5 Å². The minimum Gasteiger partial charge on any atom is -0.495 e. The topological polar surface area (TPSA) is 30.5 Å². The van der Waals surface area contributed by atoms with Gasteiger partial charge in [-0.1, -0.05) is 17.7 Å². The second kappa shape index (κ2) is 6.48. The van der Waals surface area contributed by atoms with E-state index in [-0.39, 0.29) is 11.6 Å². The van der Waals surface area contributed by atoms with Crippen LogP contribution < -0.4 is 14.8 Å². The smallest absolute Gasteiger partial charge is 0.165 e. The van der Waals surface area contributed by atoms with Crippen LogP contribution in [-0.4, -0.2) is 14.2 Å². The van der Waals surface area contributed by atoms with Crippen LogP contribution in [-0.2, 0) is 6.54 Å². The van der Waals surface area contributed by atoms with Gasteiger partial charge in [-0.3, -0.25) is 0 Å². The molecule has 3 nitrogen and oxygen atoms in total. The lowest BCUT2D eigenvalue weighted by atomic mass is 10.2. The number of halogens is 2. The Morgan fingerprint density at radius 1 is 1.05 bits per heavy atom. The summed E-state index contributed by atoms with van der Waals surface area (Å²) in [5, 5.41) is 3.70. The summed E-state index contributed by atoms with van der Waals surface area (Å²) < 4.78 is 23.5. The minimum atomic E-state index is -0.375. The fourth-order valence-corrected chi connectivity index (χ4v) is 2.06. The van der Waals surface area contributed by atoms with Crippen LogP contribution in [0.25, 0.3) is 0 Å². The van der Waals surface area contributed by atoms with E-state index < -0.39 is 0 Å². The number of rotatable bonds is 5. The van der Waals surface area contributed by atoms with Gasteiger partial charge in [0.2, 0.25) is 0 Å². The largest absolute Gasteiger partial charge is 0.495 e. The monoisotopic (exact) mass is 295 g/mol. The van der Waals surface area contributed by atoms with Crippen molar-refractivity contribution in [2.45, 2.75) is 6.54 Å². The maximum atomic E-state index is 13.5. The highest BCUT2D eigenvalue weighted by atomic mass is 35.5. The highest BCUT2D eigenvalue weighted by Gasteiger charge is 2.04. The van der Waals surface area contributed by atoms with Crippen LogP contribution in [0.4, 0.5) is 10.1 Å². The molecule has 5 heteroatoms. The maximum absolute atomic E-state index is 13.5. The third-order valence-electron chi connectivity index (χ3n) is 2.86. The van der Waals surface area contributed by atoms with E-state index >= 15 is 0 Å². The van der Waals surface area contributed by atoms with E-state index in [1.54, 1.807) is 31.4 Å². The minimum absolute atomic E-state index is 0.237. The van der Waals surface area contributed by atoms with Gasteiger partial charge in [-0.15, -0.1) is 0 Å². The van der Waals surface area contributed by atoms with Crippen molar-refractivity contribution in [2.75, 3.05) is 19.5 Å². The van der Waals surface area contributed by atoms with Crippen molar-refractivity contribution >= 4 is 17.3 Å². The summed E-state index contributed by atoms with van der Waals surface area (Å²) in [5.41, 5.74) is 1.65. The number of nitrogens with one attached hydrogen (secondary N) is 1. The van der Waals surface area contributed by atoms with E-state index in [1.807, 2.05) is 6.07 Å². The van der Waals surface area contributed by atoms with Crippen LogP contribution in [0.1, 0.15) is 5.56 Å². The zero-order valence-corrected chi connectivity index (χ0v) is 12.0. The average Bonchev–Trinajstić information content (AvgIpc) is 2.45. The molecule has 0 unspecified atom stereocenters. The summed E-state index contributed by atoms with van der Waals surface area (Å²) in [4.78, 5) is 0. The number of benzene rings is 2. The molecular weight excluding hydrogens is 281 g/mol. The first kappa shape index (κ1) is 14.5. The second-order valence-corrected chi connectivity index (χ2v) is 4.58. The molecule has 0 heterocycles. The lowest BCUT2D eigenvalue weighted by Gasteiger charge is -2.10. The van der Waals surface area contributed by atoms with Crippen LogP contribution in [0, 0.1) is 5.82 Å². The molecule has 0 saturated carbocycles. The maximum Gasteiger partial charge on any atom is 0.165 e. The van der Waals surface area contributed by atoms with Gasteiger partial charge in [0, 0.05) is 12.2 Å². The molecule has 0 aliphatic carbocycles. The molecule has 2 rings (SSSR count). The van der Waals surface area contributed by atoms with E-state index in [2.05, 4.69) is 5.32 Å². The summed E-state index contributed by atoms with van der Waals surface area (Å²) in [6.45, 7) is 0.490. The Balaban J connectivity index is 2.05. The predicted molar refractivity (Wildman–Crippen MR) is 78.3 cm³/mol. The Hall–Kier alpha value is -1.94. The molecule has 0 bridgehead atoms. The van der Waals surface area contributed by atoms with E-state index in [0.717, 1.165) is 11.3 Å². The lowest BCUT2D eigenvalue weighted by molar-refractivity contribution is 0.386. The molecule has 2 aromatic rings.